The lowest BCUT2D eigenvalue weighted by atomic mass is 10.2. The summed E-state index contributed by atoms with van der Waals surface area (Å²) in [5.74, 6) is 7.63. The van der Waals surface area contributed by atoms with Gasteiger partial charge in [0.25, 0.3) is 0 Å². The van der Waals surface area contributed by atoms with Crippen molar-refractivity contribution in [2.24, 2.45) is 5.84 Å². The standard InChI is InChI=1S/C13H19N5S/c1-7-5-11(19-9(7)3)6-15-12-8(2)13(18-14)17-10(4)16-12/h5H,6,14H2,1-4H3,(H2,15,16,17,18). The molecular formula is C13H19N5S. The van der Waals surface area contributed by atoms with Gasteiger partial charge >= 0.3 is 0 Å². The minimum atomic E-state index is 0.661. The van der Waals surface area contributed by atoms with E-state index in [1.165, 1.54) is 15.3 Å². The van der Waals surface area contributed by atoms with E-state index in [-0.39, 0.29) is 0 Å². The largest absolute Gasteiger partial charge is 0.365 e. The van der Waals surface area contributed by atoms with Gasteiger partial charge in [-0.05, 0) is 39.3 Å². The van der Waals surface area contributed by atoms with Crippen LogP contribution in [0.1, 0.15) is 26.7 Å². The van der Waals surface area contributed by atoms with Crippen molar-refractivity contribution < 1.29 is 0 Å². The number of aromatic nitrogens is 2. The summed E-state index contributed by atoms with van der Waals surface area (Å²) >= 11 is 1.81. The van der Waals surface area contributed by atoms with Gasteiger partial charge < -0.3 is 10.7 Å². The van der Waals surface area contributed by atoms with Crippen molar-refractivity contribution >= 4 is 23.0 Å². The molecule has 2 aromatic rings. The quantitative estimate of drug-likeness (QED) is 0.591. The van der Waals surface area contributed by atoms with Gasteiger partial charge in [-0.3, -0.25) is 0 Å². The second-order valence-electron chi connectivity index (χ2n) is 4.54. The summed E-state index contributed by atoms with van der Waals surface area (Å²) in [6, 6.07) is 2.21. The highest BCUT2D eigenvalue weighted by Crippen LogP contribution is 2.23. The molecule has 0 atom stereocenters. The summed E-state index contributed by atoms with van der Waals surface area (Å²) in [6.07, 6.45) is 0. The first-order chi connectivity index (χ1) is 9.01. The number of nitrogens with zero attached hydrogens (tertiary/aromatic N) is 2. The summed E-state index contributed by atoms with van der Waals surface area (Å²) in [4.78, 5) is 11.3. The fourth-order valence-corrected chi connectivity index (χ4v) is 2.84. The Morgan fingerprint density at radius 3 is 2.42 bits per heavy atom. The summed E-state index contributed by atoms with van der Waals surface area (Å²) < 4.78 is 0. The summed E-state index contributed by atoms with van der Waals surface area (Å²) in [6.45, 7) is 8.83. The first-order valence-electron chi connectivity index (χ1n) is 6.13. The van der Waals surface area contributed by atoms with Crippen LogP contribution in [0.2, 0.25) is 0 Å². The van der Waals surface area contributed by atoms with E-state index in [1.54, 1.807) is 0 Å². The first kappa shape index (κ1) is 13.8. The Kier molecular flexibility index (Phi) is 4.01. The Labute approximate surface area is 117 Å². The van der Waals surface area contributed by atoms with Crippen LogP contribution in [-0.2, 0) is 6.54 Å². The Morgan fingerprint density at radius 2 is 1.84 bits per heavy atom. The van der Waals surface area contributed by atoms with Gasteiger partial charge in [0.2, 0.25) is 0 Å². The van der Waals surface area contributed by atoms with Crippen LogP contribution in [-0.4, -0.2) is 9.97 Å². The molecule has 0 aliphatic rings. The van der Waals surface area contributed by atoms with E-state index >= 15 is 0 Å². The molecular weight excluding hydrogens is 258 g/mol. The zero-order chi connectivity index (χ0) is 14.0. The van der Waals surface area contributed by atoms with Crippen LogP contribution in [0, 0.1) is 27.7 Å². The number of hydrogen-bond acceptors (Lipinski definition) is 6. The van der Waals surface area contributed by atoms with E-state index in [4.69, 9.17) is 5.84 Å². The van der Waals surface area contributed by atoms with Crippen molar-refractivity contribution in [3.8, 4) is 0 Å². The molecule has 0 amide bonds. The number of thiophene rings is 1. The molecule has 0 bridgehead atoms. The SMILES string of the molecule is Cc1nc(NN)c(C)c(NCc2cc(C)c(C)s2)n1. The topological polar surface area (TPSA) is 75.9 Å². The zero-order valence-corrected chi connectivity index (χ0v) is 12.5. The Balaban J connectivity index is 2.17. The maximum absolute atomic E-state index is 5.45. The monoisotopic (exact) mass is 277 g/mol. The van der Waals surface area contributed by atoms with Gasteiger partial charge in [-0.2, -0.15) is 0 Å². The average Bonchev–Trinajstić information content (AvgIpc) is 2.69. The van der Waals surface area contributed by atoms with Crippen molar-refractivity contribution in [1.82, 2.24) is 9.97 Å². The molecule has 0 fully saturated rings. The maximum Gasteiger partial charge on any atom is 0.148 e. The molecule has 0 spiro atoms. The second-order valence-corrected chi connectivity index (χ2v) is 5.88. The molecule has 19 heavy (non-hydrogen) atoms. The minimum absolute atomic E-state index is 0.661. The number of nitrogens with one attached hydrogen (secondary N) is 2. The number of anilines is 2. The molecule has 5 nitrogen and oxygen atoms in total. The smallest absolute Gasteiger partial charge is 0.148 e. The molecule has 0 aliphatic heterocycles. The van der Waals surface area contributed by atoms with Crippen LogP contribution in [0.4, 0.5) is 11.6 Å². The molecule has 0 saturated carbocycles. The van der Waals surface area contributed by atoms with Crippen LogP contribution >= 0.6 is 11.3 Å². The lowest BCUT2D eigenvalue weighted by Gasteiger charge is -2.11. The lowest BCUT2D eigenvalue weighted by Crippen LogP contribution is -2.13. The van der Waals surface area contributed by atoms with Gasteiger partial charge in [-0.15, -0.1) is 11.3 Å². The molecule has 2 heterocycles. The molecule has 2 aromatic heterocycles. The number of nitrogens with two attached hydrogens (primary N) is 1. The van der Waals surface area contributed by atoms with Gasteiger partial charge in [0.1, 0.15) is 17.5 Å². The number of hydrazine groups is 1. The van der Waals surface area contributed by atoms with Crippen molar-refractivity contribution in [1.29, 1.82) is 0 Å². The molecule has 0 unspecified atom stereocenters. The Bertz CT molecular complexity index is 571. The predicted octanol–water partition coefficient (Wildman–Crippen LogP) is 2.67. The van der Waals surface area contributed by atoms with Crippen LogP contribution in [0.5, 0.6) is 0 Å². The van der Waals surface area contributed by atoms with Crippen LogP contribution < -0.4 is 16.6 Å². The fourth-order valence-electron chi connectivity index (χ4n) is 1.85. The highest BCUT2D eigenvalue weighted by atomic mass is 32.1. The number of hydrogen-bond donors (Lipinski definition) is 3. The van der Waals surface area contributed by atoms with Crippen molar-refractivity contribution in [3.63, 3.8) is 0 Å². The van der Waals surface area contributed by atoms with Crippen molar-refractivity contribution in [3.05, 3.63) is 32.8 Å². The van der Waals surface area contributed by atoms with E-state index < -0.39 is 0 Å². The third kappa shape index (κ3) is 3.02. The first-order valence-corrected chi connectivity index (χ1v) is 6.94. The van der Waals surface area contributed by atoms with Crippen LogP contribution in [0.15, 0.2) is 6.07 Å². The van der Waals surface area contributed by atoms with Crippen molar-refractivity contribution in [2.45, 2.75) is 34.2 Å². The van der Waals surface area contributed by atoms with E-state index in [0.717, 1.165) is 17.9 Å². The maximum atomic E-state index is 5.45. The lowest BCUT2D eigenvalue weighted by molar-refractivity contribution is 1.00. The summed E-state index contributed by atoms with van der Waals surface area (Å²) in [7, 11) is 0. The van der Waals surface area contributed by atoms with Crippen LogP contribution in [0.3, 0.4) is 0 Å². The van der Waals surface area contributed by atoms with Gasteiger partial charge in [0.05, 0.1) is 6.54 Å². The molecule has 0 aliphatic carbocycles. The van der Waals surface area contributed by atoms with E-state index in [9.17, 15) is 0 Å². The number of aryl methyl sites for hydroxylation is 3. The molecule has 4 N–H and O–H groups in total. The highest BCUT2D eigenvalue weighted by Gasteiger charge is 2.09. The molecule has 2 rings (SSSR count). The van der Waals surface area contributed by atoms with Crippen molar-refractivity contribution in [2.75, 3.05) is 10.7 Å². The van der Waals surface area contributed by atoms with E-state index in [1.807, 2.05) is 25.2 Å². The number of rotatable bonds is 4. The zero-order valence-electron chi connectivity index (χ0n) is 11.7. The fraction of sp³-hybridized carbons (Fsp3) is 0.385. The third-order valence-electron chi connectivity index (χ3n) is 3.04. The normalized spacial score (nSPS) is 10.6. The Hall–Kier alpha value is -1.66. The van der Waals surface area contributed by atoms with Gasteiger partial charge in [0, 0.05) is 15.3 Å². The van der Waals surface area contributed by atoms with Gasteiger partial charge in [0.15, 0.2) is 0 Å². The minimum Gasteiger partial charge on any atom is -0.365 e. The molecule has 0 aromatic carbocycles. The molecule has 6 heteroatoms. The van der Waals surface area contributed by atoms with Gasteiger partial charge in [-0.1, -0.05) is 0 Å². The van der Waals surface area contributed by atoms with Gasteiger partial charge in [-0.25, -0.2) is 15.8 Å². The second kappa shape index (κ2) is 5.54. The number of nitrogen functional groups attached to an aromatic ring is 1. The molecule has 102 valence electrons. The summed E-state index contributed by atoms with van der Waals surface area (Å²) in [5.41, 5.74) is 4.86. The molecule has 0 saturated heterocycles. The average molecular weight is 277 g/mol. The summed E-state index contributed by atoms with van der Waals surface area (Å²) in [5, 5.41) is 3.35. The van der Waals surface area contributed by atoms with E-state index in [0.29, 0.717) is 11.6 Å². The highest BCUT2D eigenvalue weighted by molar-refractivity contribution is 7.12. The Morgan fingerprint density at radius 1 is 1.16 bits per heavy atom. The molecule has 0 radical (unpaired) electrons. The van der Waals surface area contributed by atoms with Crippen LogP contribution in [0.25, 0.3) is 0 Å². The van der Waals surface area contributed by atoms with E-state index in [2.05, 4.69) is 40.6 Å². The third-order valence-corrected chi connectivity index (χ3v) is 4.19. The predicted molar refractivity (Wildman–Crippen MR) is 80.4 cm³/mol.